The number of anilines is 1. The number of benzene rings is 2. The molecule has 0 fully saturated rings. The summed E-state index contributed by atoms with van der Waals surface area (Å²) in [5, 5.41) is 8.66. The molecule has 4 nitrogen and oxygen atoms in total. The normalized spacial score (nSPS) is 11.1. The average Bonchev–Trinajstić information content (AvgIpc) is 2.37. The van der Waals surface area contributed by atoms with Crippen molar-refractivity contribution in [1.29, 1.82) is 5.26 Å². The molecule has 0 radical (unpaired) electrons. The molecule has 0 aliphatic heterocycles. The van der Waals surface area contributed by atoms with Gasteiger partial charge in [-0.15, -0.1) is 0 Å². The number of halogens is 2. The molecule has 2 aromatic rings. The number of hydrogen-bond donors (Lipinski definition) is 1. The first kappa shape index (κ1) is 14.9. The topological polar surface area (TPSA) is 84.0 Å². The molecule has 0 saturated heterocycles. The first-order valence-corrected chi connectivity index (χ1v) is 7.45. The summed E-state index contributed by atoms with van der Waals surface area (Å²) in [5.74, 6) is -3.02. The van der Waals surface area contributed by atoms with Crippen molar-refractivity contribution in [3.05, 3.63) is 59.2 Å². The molecule has 0 aliphatic carbocycles. The quantitative estimate of drug-likeness (QED) is 0.882. The third-order valence-electron chi connectivity index (χ3n) is 2.77. The van der Waals surface area contributed by atoms with Gasteiger partial charge in [0.25, 0.3) is 0 Å². The van der Waals surface area contributed by atoms with Gasteiger partial charge >= 0.3 is 0 Å². The molecule has 0 spiro atoms. The molecule has 0 aromatic heterocycles. The largest absolute Gasteiger partial charge is 0.399 e. The molecular formula is C14H10F2N2O2S. The predicted octanol–water partition coefficient (Wildman–Crippen LogP) is 2.39. The van der Waals surface area contributed by atoms with Gasteiger partial charge in [0.2, 0.25) is 0 Å². The smallest absolute Gasteiger partial charge is 0.188 e. The maximum absolute atomic E-state index is 13.7. The first-order valence-electron chi connectivity index (χ1n) is 5.80. The van der Waals surface area contributed by atoms with Crippen molar-refractivity contribution in [3.63, 3.8) is 0 Å². The Balaban J connectivity index is 2.41. The monoisotopic (exact) mass is 308 g/mol. The van der Waals surface area contributed by atoms with E-state index in [1.54, 1.807) is 0 Å². The van der Waals surface area contributed by atoms with Crippen LogP contribution in [0.4, 0.5) is 14.5 Å². The van der Waals surface area contributed by atoms with Crippen molar-refractivity contribution in [2.24, 2.45) is 0 Å². The number of nitrogens with zero attached hydrogens (tertiary/aromatic N) is 1. The van der Waals surface area contributed by atoms with Crippen LogP contribution in [0.1, 0.15) is 11.1 Å². The molecular weight excluding hydrogens is 298 g/mol. The Kier molecular flexibility index (Phi) is 3.91. The second kappa shape index (κ2) is 5.50. The van der Waals surface area contributed by atoms with E-state index < -0.39 is 32.1 Å². The van der Waals surface area contributed by atoms with Crippen LogP contribution in [0.5, 0.6) is 0 Å². The first-order chi connectivity index (χ1) is 9.83. The van der Waals surface area contributed by atoms with Crippen LogP contribution < -0.4 is 5.73 Å². The van der Waals surface area contributed by atoms with E-state index >= 15 is 0 Å². The van der Waals surface area contributed by atoms with Gasteiger partial charge in [0.15, 0.2) is 9.84 Å². The highest BCUT2D eigenvalue weighted by Gasteiger charge is 2.25. The van der Waals surface area contributed by atoms with Gasteiger partial charge in [0, 0.05) is 5.69 Å². The number of rotatable bonds is 3. The zero-order valence-electron chi connectivity index (χ0n) is 10.7. The van der Waals surface area contributed by atoms with Crippen molar-refractivity contribution in [3.8, 4) is 6.07 Å². The van der Waals surface area contributed by atoms with Gasteiger partial charge in [-0.1, -0.05) is 12.1 Å². The SMILES string of the molecule is N#Cc1ccc(CS(=O)(=O)c2c(F)cc(N)cc2F)cc1. The van der Waals surface area contributed by atoms with Crippen LogP contribution in [0.25, 0.3) is 0 Å². The fourth-order valence-corrected chi connectivity index (χ4v) is 3.33. The maximum atomic E-state index is 13.7. The second-order valence-corrected chi connectivity index (χ2v) is 6.31. The highest BCUT2D eigenvalue weighted by atomic mass is 32.2. The molecule has 0 atom stereocenters. The zero-order chi connectivity index (χ0) is 15.6. The van der Waals surface area contributed by atoms with E-state index in [1.165, 1.54) is 24.3 Å². The van der Waals surface area contributed by atoms with Gasteiger partial charge in [-0.25, -0.2) is 17.2 Å². The van der Waals surface area contributed by atoms with E-state index in [4.69, 9.17) is 11.0 Å². The summed E-state index contributed by atoms with van der Waals surface area (Å²) in [7, 11) is -4.20. The van der Waals surface area contributed by atoms with Crippen LogP contribution in [0, 0.1) is 23.0 Å². The zero-order valence-corrected chi connectivity index (χ0v) is 11.5. The molecule has 2 aromatic carbocycles. The standard InChI is InChI=1S/C14H10F2N2O2S/c15-12-5-11(18)6-13(16)14(12)21(19,20)8-10-3-1-9(7-17)2-4-10/h1-6H,8,18H2. The summed E-state index contributed by atoms with van der Waals surface area (Å²) < 4.78 is 51.6. The predicted molar refractivity (Wildman–Crippen MR) is 72.8 cm³/mol. The van der Waals surface area contributed by atoms with Crippen molar-refractivity contribution < 1.29 is 17.2 Å². The number of hydrogen-bond acceptors (Lipinski definition) is 4. The van der Waals surface area contributed by atoms with E-state index in [0.717, 1.165) is 12.1 Å². The third-order valence-corrected chi connectivity index (χ3v) is 4.50. The Morgan fingerprint density at radius 3 is 2.10 bits per heavy atom. The highest BCUT2D eigenvalue weighted by Crippen LogP contribution is 2.25. The molecule has 7 heteroatoms. The van der Waals surface area contributed by atoms with Gasteiger partial charge in [-0.05, 0) is 29.8 Å². The van der Waals surface area contributed by atoms with Crippen molar-refractivity contribution >= 4 is 15.5 Å². The second-order valence-electron chi connectivity index (χ2n) is 4.38. The molecule has 0 amide bonds. The summed E-state index contributed by atoms with van der Waals surface area (Å²) in [6, 6.07) is 9.11. The van der Waals surface area contributed by atoms with Gasteiger partial charge in [0.05, 0.1) is 17.4 Å². The van der Waals surface area contributed by atoms with E-state index in [1.807, 2.05) is 6.07 Å². The minimum atomic E-state index is -4.20. The van der Waals surface area contributed by atoms with E-state index in [2.05, 4.69) is 0 Å². The number of sulfone groups is 1. The van der Waals surface area contributed by atoms with Crippen LogP contribution >= 0.6 is 0 Å². The Morgan fingerprint density at radius 1 is 1.10 bits per heavy atom. The van der Waals surface area contributed by atoms with Gasteiger partial charge < -0.3 is 5.73 Å². The number of nitriles is 1. The third kappa shape index (κ3) is 3.17. The lowest BCUT2D eigenvalue weighted by atomic mass is 10.2. The Hall–Kier alpha value is -2.46. The Labute approximate surface area is 120 Å². The van der Waals surface area contributed by atoms with Crippen LogP contribution in [0.3, 0.4) is 0 Å². The summed E-state index contributed by atoms with van der Waals surface area (Å²) in [5.41, 5.74) is 5.74. The van der Waals surface area contributed by atoms with Gasteiger partial charge in [-0.3, -0.25) is 0 Å². The van der Waals surface area contributed by atoms with E-state index in [-0.39, 0.29) is 5.69 Å². The molecule has 0 bridgehead atoms. The molecule has 2 N–H and O–H groups in total. The summed E-state index contributed by atoms with van der Waals surface area (Å²) in [6.07, 6.45) is 0. The van der Waals surface area contributed by atoms with Crippen molar-refractivity contribution in [1.82, 2.24) is 0 Å². The van der Waals surface area contributed by atoms with Crippen LogP contribution in [0.2, 0.25) is 0 Å². The number of nitrogen functional groups attached to an aromatic ring is 1. The lowest BCUT2D eigenvalue weighted by Gasteiger charge is -2.08. The summed E-state index contributed by atoms with van der Waals surface area (Å²) in [4.78, 5) is -0.999. The van der Waals surface area contributed by atoms with Crippen LogP contribution in [-0.4, -0.2) is 8.42 Å². The van der Waals surface area contributed by atoms with Gasteiger partial charge in [0.1, 0.15) is 16.5 Å². The minimum absolute atomic E-state index is 0.192. The summed E-state index contributed by atoms with van der Waals surface area (Å²) >= 11 is 0. The van der Waals surface area contributed by atoms with Crippen LogP contribution in [0.15, 0.2) is 41.3 Å². The Morgan fingerprint density at radius 2 is 1.62 bits per heavy atom. The van der Waals surface area contributed by atoms with Crippen molar-refractivity contribution in [2.45, 2.75) is 10.6 Å². The molecule has 0 saturated carbocycles. The number of nitrogens with two attached hydrogens (primary N) is 1. The van der Waals surface area contributed by atoms with Crippen molar-refractivity contribution in [2.75, 3.05) is 5.73 Å². The fourth-order valence-electron chi connectivity index (χ4n) is 1.84. The molecule has 0 unspecified atom stereocenters. The molecule has 0 heterocycles. The molecule has 2 rings (SSSR count). The summed E-state index contributed by atoms with van der Waals surface area (Å²) in [6.45, 7) is 0. The maximum Gasteiger partial charge on any atom is 0.188 e. The Bertz CT molecular complexity index is 802. The van der Waals surface area contributed by atoms with Gasteiger partial charge in [-0.2, -0.15) is 5.26 Å². The van der Waals surface area contributed by atoms with Crippen LogP contribution in [-0.2, 0) is 15.6 Å². The molecule has 108 valence electrons. The van der Waals surface area contributed by atoms with E-state index in [9.17, 15) is 17.2 Å². The minimum Gasteiger partial charge on any atom is -0.399 e. The lowest BCUT2D eigenvalue weighted by Crippen LogP contribution is -2.10. The lowest BCUT2D eigenvalue weighted by molar-refractivity contribution is 0.520. The average molecular weight is 308 g/mol. The molecule has 21 heavy (non-hydrogen) atoms. The van der Waals surface area contributed by atoms with E-state index in [0.29, 0.717) is 11.1 Å². The highest BCUT2D eigenvalue weighted by molar-refractivity contribution is 7.90. The fraction of sp³-hybridized carbons (Fsp3) is 0.0714. The molecule has 0 aliphatic rings.